The average Bonchev–Trinajstić information content (AvgIpc) is 1.93. The van der Waals surface area contributed by atoms with E-state index in [0.29, 0.717) is 6.42 Å². The fourth-order valence-electron chi connectivity index (χ4n) is 0.929. The second-order valence-electron chi connectivity index (χ2n) is 2.57. The summed E-state index contributed by atoms with van der Waals surface area (Å²) in [5.74, 6) is 0. The van der Waals surface area contributed by atoms with Crippen LogP contribution in [0.25, 0.3) is 0 Å². The highest BCUT2D eigenvalue weighted by Gasteiger charge is 2.39. The molecule has 0 amide bonds. The van der Waals surface area contributed by atoms with Gasteiger partial charge in [-0.2, -0.15) is 8.42 Å². The quantitative estimate of drug-likeness (QED) is 0.375. The van der Waals surface area contributed by atoms with Gasteiger partial charge >= 0.3 is 0 Å². The van der Waals surface area contributed by atoms with Crippen molar-refractivity contribution in [2.75, 3.05) is 0 Å². The molecule has 0 bridgehead atoms. The zero-order valence-corrected chi connectivity index (χ0v) is 7.08. The second-order valence-corrected chi connectivity index (χ2v) is 4.19. The van der Waals surface area contributed by atoms with E-state index in [2.05, 4.69) is 0 Å². The van der Waals surface area contributed by atoms with Gasteiger partial charge in [0.15, 0.2) is 0 Å². The molecule has 1 atom stereocenters. The fourth-order valence-corrected chi connectivity index (χ4v) is 1.58. The zero-order valence-electron chi connectivity index (χ0n) is 6.27. The summed E-state index contributed by atoms with van der Waals surface area (Å²) >= 11 is 0. The van der Waals surface area contributed by atoms with E-state index >= 15 is 0 Å². The lowest BCUT2D eigenvalue weighted by Crippen LogP contribution is -2.50. The molecule has 0 saturated heterocycles. The van der Waals surface area contributed by atoms with Gasteiger partial charge in [0.05, 0.1) is 0 Å². The molecule has 0 radical (unpaired) electrons. The van der Waals surface area contributed by atoms with Gasteiger partial charge in [-0.3, -0.25) is 4.55 Å². The molecule has 12 heavy (non-hydrogen) atoms. The summed E-state index contributed by atoms with van der Waals surface area (Å²) in [7, 11) is -4.38. The second kappa shape index (κ2) is 2.58. The van der Waals surface area contributed by atoms with E-state index in [4.69, 9.17) is 16.0 Å². The number of hydrogen-bond donors (Lipinski definition) is 3. The summed E-state index contributed by atoms with van der Waals surface area (Å²) in [6, 6.07) is 0. The lowest BCUT2D eigenvalue weighted by Gasteiger charge is -2.24. The first-order valence-electron chi connectivity index (χ1n) is 3.27. The molecule has 5 nitrogen and oxygen atoms in total. The van der Waals surface area contributed by atoms with Gasteiger partial charge in [-0.05, 0) is 12.5 Å². The molecule has 1 unspecified atom stereocenters. The maximum Gasteiger partial charge on any atom is 0.293 e. The van der Waals surface area contributed by atoms with Gasteiger partial charge in [0.25, 0.3) is 10.1 Å². The molecule has 5 N–H and O–H groups in total. The third-order valence-corrected chi connectivity index (χ3v) is 2.94. The molecule has 68 valence electrons. The van der Waals surface area contributed by atoms with Gasteiger partial charge in [-0.15, -0.1) is 0 Å². The lowest BCUT2D eigenvalue weighted by molar-refractivity contribution is 0.458. The SMILES string of the molecule is NC1=CCC=CC1(N)S(=O)(=O)O. The summed E-state index contributed by atoms with van der Waals surface area (Å²) in [6.07, 6.45) is 4.69. The Morgan fingerprint density at radius 2 is 2.17 bits per heavy atom. The van der Waals surface area contributed by atoms with E-state index in [0.717, 1.165) is 0 Å². The molecule has 0 aromatic heterocycles. The first kappa shape index (κ1) is 9.24. The molecule has 0 saturated carbocycles. The van der Waals surface area contributed by atoms with Crippen LogP contribution in [0.5, 0.6) is 0 Å². The number of allylic oxidation sites excluding steroid dienone is 2. The Labute approximate surface area is 70.5 Å². The topological polar surface area (TPSA) is 106 Å². The maximum atomic E-state index is 10.8. The van der Waals surface area contributed by atoms with Crippen LogP contribution < -0.4 is 11.5 Å². The van der Waals surface area contributed by atoms with Crippen LogP contribution in [0.2, 0.25) is 0 Å². The number of nitrogens with two attached hydrogens (primary N) is 2. The normalized spacial score (nSPS) is 30.0. The zero-order chi connectivity index (χ0) is 9.41. The smallest absolute Gasteiger partial charge is 0.293 e. The average molecular weight is 190 g/mol. The van der Waals surface area contributed by atoms with Crippen molar-refractivity contribution in [3.63, 3.8) is 0 Å². The Hall–Kier alpha value is -0.850. The van der Waals surface area contributed by atoms with Crippen LogP contribution >= 0.6 is 0 Å². The Morgan fingerprint density at radius 3 is 2.50 bits per heavy atom. The van der Waals surface area contributed by atoms with Crippen LogP contribution in [0, 0.1) is 0 Å². The van der Waals surface area contributed by atoms with Crippen LogP contribution in [0.4, 0.5) is 0 Å². The van der Waals surface area contributed by atoms with Crippen LogP contribution in [0.3, 0.4) is 0 Å². The molecule has 6 heteroatoms. The lowest BCUT2D eigenvalue weighted by atomic mass is 10.1. The summed E-state index contributed by atoms with van der Waals surface area (Å²) in [6.45, 7) is 0. The molecule has 0 aliphatic heterocycles. The van der Waals surface area contributed by atoms with E-state index in [1.165, 1.54) is 18.2 Å². The Kier molecular flexibility index (Phi) is 1.99. The molecule has 0 fully saturated rings. The van der Waals surface area contributed by atoms with Crippen molar-refractivity contribution < 1.29 is 13.0 Å². The van der Waals surface area contributed by atoms with Gasteiger partial charge in [0, 0.05) is 5.70 Å². The van der Waals surface area contributed by atoms with Crippen molar-refractivity contribution in [3.8, 4) is 0 Å². The third-order valence-electron chi connectivity index (χ3n) is 1.72. The van der Waals surface area contributed by atoms with E-state index < -0.39 is 15.0 Å². The molecule has 0 aromatic rings. The molecule has 1 aliphatic rings. The molecule has 0 aromatic carbocycles. The first-order chi connectivity index (χ1) is 5.38. The molecular formula is C6H10N2O3S. The minimum absolute atomic E-state index is 0.0486. The van der Waals surface area contributed by atoms with E-state index in [1.807, 2.05) is 0 Å². The van der Waals surface area contributed by atoms with Crippen LogP contribution in [-0.4, -0.2) is 17.8 Å². The largest absolute Gasteiger partial charge is 0.400 e. The van der Waals surface area contributed by atoms with Gasteiger partial charge in [-0.25, -0.2) is 0 Å². The van der Waals surface area contributed by atoms with Crippen molar-refractivity contribution in [1.82, 2.24) is 0 Å². The summed E-state index contributed by atoms with van der Waals surface area (Å²) in [5.41, 5.74) is 10.7. The van der Waals surface area contributed by atoms with Crippen LogP contribution in [-0.2, 0) is 10.1 Å². The predicted octanol–water partition coefficient (Wildman–Crippen LogP) is -0.668. The molecule has 1 rings (SSSR count). The highest BCUT2D eigenvalue weighted by atomic mass is 32.2. The van der Waals surface area contributed by atoms with Crippen LogP contribution in [0.15, 0.2) is 23.9 Å². The summed E-state index contributed by atoms with van der Waals surface area (Å²) in [4.78, 5) is -1.94. The van der Waals surface area contributed by atoms with Crippen molar-refractivity contribution in [2.24, 2.45) is 11.5 Å². The van der Waals surface area contributed by atoms with E-state index in [-0.39, 0.29) is 5.70 Å². The third kappa shape index (κ3) is 1.24. The van der Waals surface area contributed by atoms with Gasteiger partial charge in [0.2, 0.25) is 4.87 Å². The molecular weight excluding hydrogens is 180 g/mol. The maximum absolute atomic E-state index is 10.8. The van der Waals surface area contributed by atoms with Gasteiger partial charge in [-0.1, -0.05) is 12.2 Å². The molecule has 1 aliphatic carbocycles. The number of rotatable bonds is 1. The Morgan fingerprint density at radius 1 is 1.58 bits per heavy atom. The molecule has 0 spiro atoms. The van der Waals surface area contributed by atoms with Crippen molar-refractivity contribution in [2.45, 2.75) is 11.3 Å². The Balaban J connectivity index is 3.23. The first-order valence-corrected chi connectivity index (χ1v) is 4.71. The van der Waals surface area contributed by atoms with Crippen molar-refractivity contribution >= 4 is 10.1 Å². The van der Waals surface area contributed by atoms with Crippen molar-refractivity contribution in [1.29, 1.82) is 0 Å². The van der Waals surface area contributed by atoms with Crippen LogP contribution in [0.1, 0.15) is 6.42 Å². The van der Waals surface area contributed by atoms with E-state index in [9.17, 15) is 8.42 Å². The van der Waals surface area contributed by atoms with Gasteiger partial charge < -0.3 is 11.5 Å². The van der Waals surface area contributed by atoms with Crippen molar-refractivity contribution in [3.05, 3.63) is 23.9 Å². The number of hydrogen-bond acceptors (Lipinski definition) is 4. The molecule has 0 heterocycles. The highest BCUT2D eigenvalue weighted by molar-refractivity contribution is 7.87. The fraction of sp³-hybridized carbons (Fsp3) is 0.333. The predicted molar refractivity (Wildman–Crippen MR) is 44.5 cm³/mol. The monoisotopic (exact) mass is 190 g/mol. The minimum Gasteiger partial charge on any atom is -0.400 e. The summed E-state index contributed by atoms with van der Waals surface area (Å²) in [5, 5.41) is 0. The highest BCUT2D eigenvalue weighted by Crippen LogP contribution is 2.22. The summed E-state index contributed by atoms with van der Waals surface area (Å²) < 4.78 is 30.3. The van der Waals surface area contributed by atoms with E-state index in [1.54, 1.807) is 0 Å². The Bertz CT molecular complexity index is 344. The standard InChI is InChI=1S/C6H10N2O3S/c7-5-3-1-2-4-6(5,8)12(9,10)11/h2-4H,1,7-8H2,(H,9,10,11). The van der Waals surface area contributed by atoms with Gasteiger partial charge in [0.1, 0.15) is 0 Å². The minimum atomic E-state index is -4.38.